The van der Waals surface area contributed by atoms with Crippen molar-refractivity contribution < 1.29 is 9.59 Å². The lowest BCUT2D eigenvalue weighted by atomic mass is 9.63. The SMILES string of the molecule is O=C(NCC1CCCN1C(=O)C1(c2ccccc2)CCC1)c1cc(Cl)c[nH]1. The molecule has 1 aromatic carbocycles. The Balaban J connectivity index is 1.45. The van der Waals surface area contributed by atoms with E-state index in [2.05, 4.69) is 22.4 Å². The Hall–Kier alpha value is -2.27. The van der Waals surface area contributed by atoms with Crippen LogP contribution in [0.15, 0.2) is 42.6 Å². The van der Waals surface area contributed by atoms with Gasteiger partial charge < -0.3 is 15.2 Å². The summed E-state index contributed by atoms with van der Waals surface area (Å²) in [7, 11) is 0. The molecule has 2 amide bonds. The van der Waals surface area contributed by atoms with Crippen LogP contribution in [0.2, 0.25) is 5.02 Å². The summed E-state index contributed by atoms with van der Waals surface area (Å²) >= 11 is 5.86. The number of hydrogen-bond acceptors (Lipinski definition) is 2. The average Bonchev–Trinajstić information content (AvgIpc) is 3.28. The molecular weight excluding hydrogens is 362 g/mol. The van der Waals surface area contributed by atoms with Crippen molar-refractivity contribution >= 4 is 23.4 Å². The highest BCUT2D eigenvalue weighted by molar-refractivity contribution is 6.30. The van der Waals surface area contributed by atoms with E-state index in [9.17, 15) is 9.59 Å². The van der Waals surface area contributed by atoms with Crippen molar-refractivity contribution in [2.45, 2.75) is 43.6 Å². The van der Waals surface area contributed by atoms with Crippen LogP contribution in [0.5, 0.6) is 0 Å². The standard InChI is InChI=1S/C21H24ClN3O2/c22-16-12-18(23-13-16)19(26)24-14-17-8-4-11-25(17)20(27)21(9-5-10-21)15-6-2-1-3-7-15/h1-3,6-7,12-13,17,23H,4-5,8-11,14H2,(H,24,26). The Morgan fingerprint density at radius 2 is 2.00 bits per heavy atom. The number of aromatic amines is 1. The monoisotopic (exact) mass is 385 g/mol. The predicted molar refractivity (Wildman–Crippen MR) is 105 cm³/mol. The molecule has 2 aliphatic rings. The smallest absolute Gasteiger partial charge is 0.267 e. The number of carbonyl (C=O) groups excluding carboxylic acids is 2. The third-order valence-corrected chi connectivity index (χ3v) is 6.19. The maximum atomic E-state index is 13.5. The van der Waals surface area contributed by atoms with Gasteiger partial charge in [0.05, 0.1) is 10.4 Å². The van der Waals surface area contributed by atoms with Crippen LogP contribution in [0, 0.1) is 0 Å². The van der Waals surface area contributed by atoms with Crippen LogP contribution in [0.4, 0.5) is 0 Å². The van der Waals surface area contributed by atoms with Crippen LogP contribution in [0.1, 0.15) is 48.2 Å². The Kier molecular flexibility index (Phi) is 4.96. The number of nitrogens with one attached hydrogen (secondary N) is 2. The molecule has 2 fully saturated rings. The molecule has 2 aromatic rings. The normalized spacial score (nSPS) is 20.9. The van der Waals surface area contributed by atoms with E-state index in [4.69, 9.17) is 11.6 Å². The first-order chi connectivity index (χ1) is 13.1. The van der Waals surface area contributed by atoms with Crippen molar-refractivity contribution in [3.05, 3.63) is 58.9 Å². The van der Waals surface area contributed by atoms with Gasteiger partial charge in [0, 0.05) is 25.3 Å². The number of aromatic nitrogens is 1. The predicted octanol–water partition coefficient (Wildman–Crippen LogP) is 3.51. The van der Waals surface area contributed by atoms with Crippen LogP contribution in [0.3, 0.4) is 0 Å². The van der Waals surface area contributed by atoms with Gasteiger partial charge in [0.1, 0.15) is 5.69 Å². The zero-order valence-corrected chi connectivity index (χ0v) is 16.0. The highest BCUT2D eigenvalue weighted by Gasteiger charge is 2.49. The van der Waals surface area contributed by atoms with E-state index in [0.717, 1.165) is 44.2 Å². The molecule has 4 rings (SSSR count). The van der Waals surface area contributed by atoms with Gasteiger partial charge in [0.2, 0.25) is 5.91 Å². The van der Waals surface area contributed by atoms with Crippen molar-refractivity contribution in [2.75, 3.05) is 13.1 Å². The summed E-state index contributed by atoms with van der Waals surface area (Å²) in [5.74, 6) is 0.0298. The first-order valence-corrected chi connectivity index (χ1v) is 9.97. The third kappa shape index (κ3) is 3.36. The summed E-state index contributed by atoms with van der Waals surface area (Å²) in [6, 6.07) is 11.8. The molecule has 2 N–H and O–H groups in total. The lowest BCUT2D eigenvalue weighted by Gasteiger charge is -2.44. The van der Waals surface area contributed by atoms with Crippen LogP contribution in [0.25, 0.3) is 0 Å². The molecule has 6 heteroatoms. The van der Waals surface area contributed by atoms with Gasteiger partial charge in [-0.2, -0.15) is 0 Å². The second-order valence-corrected chi connectivity index (χ2v) is 7.97. The van der Waals surface area contributed by atoms with Gasteiger partial charge in [-0.25, -0.2) is 0 Å². The lowest BCUT2D eigenvalue weighted by molar-refractivity contribution is -0.141. The van der Waals surface area contributed by atoms with E-state index in [1.165, 1.54) is 0 Å². The Morgan fingerprint density at radius 1 is 1.22 bits per heavy atom. The number of rotatable bonds is 5. The van der Waals surface area contributed by atoms with Gasteiger partial charge >= 0.3 is 0 Å². The van der Waals surface area contributed by atoms with Crippen molar-refractivity contribution in [1.82, 2.24) is 15.2 Å². The maximum Gasteiger partial charge on any atom is 0.267 e. The lowest BCUT2D eigenvalue weighted by Crippen LogP contribution is -2.54. The number of benzene rings is 1. The molecule has 0 radical (unpaired) electrons. The van der Waals surface area contributed by atoms with Crippen molar-refractivity contribution in [2.24, 2.45) is 0 Å². The first kappa shape index (κ1) is 18.1. The van der Waals surface area contributed by atoms with Gasteiger partial charge in [-0.1, -0.05) is 48.4 Å². The molecule has 0 bridgehead atoms. The topological polar surface area (TPSA) is 65.2 Å². The number of carbonyl (C=O) groups is 2. The van der Waals surface area contributed by atoms with E-state index in [0.29, 0.717) is 17.3 Å². The minimum atomic E-state index is -0.374. The number of nitrogens with zero attached hydrogens (tertiary/aromatic N) is 1. The van der Waals surface area contributed by atoms with Crippen LogP contribution >= 0.6 is 11.6 Å². The molecule has 1 atom stereocenters. The average molecular weight is 386 g/mol. The Bertz CT molecular complexity index is 829. The summed E-state index contributed by atoms with van der Waals surface area (Å²) < 4.78 is 0. The van der Waals surface area contributed by atoms with Crippen LogP contribution in [-0.2, 0) is 10.2 Å². The third-order valence-electron chi connectivity index (χ3n) is 5.97. The summed E-state index contributed by atoms with van der Waals surface area (Å²) in [6.07, 6.45) is 6.39. The Labute approximate surface area is 164 Å². The van der Waals surface area contributed by atoms with E-state index in [-0.39, 0.29) is 23.3 Å². The molecule has 1 unspecified atom stereocenters. The zero-order chi connectivity index (χ0) is 18.9. The van der Waals surface area contributed by atoms with Crippen molar-refractivity contribution in [3.8, 4) is 0 Å². The highest BCUT2D eigenvalue weighted by Crippen LogP contribution is 2.46. The van der Waals surface area contributed by atoms with Gasteiger partial charge in [-0.05, 0) is 37.3 Å². The summed E-state index contributed by atoms with van der Waals surface area (Å²) in [6.45, 7) is 1.23. The van der Waals surface area contributed by atoms with Gasteiger partial charge in [-0.3, -0.25) is 9.59 Å². The molecule has 1 saturated heterocycles. The van der Waals surface area contributed by atoms with Crippen LogP contribution in [-0.4, -0.2) is 40.8 Å². The summed E-state index contributed by atoms with van der Waals surface area (Å²) in [4.78, 5) is 30.6. The van der Waals surface area contributed by atoms with Crippen molar-refractivity contribution in [1.29, 1.82) is 0 Å². The van der Waals surface area contributed by atoms with Gasteiger partial charge in [-0.15, -0.1) is 0 Å². The fourth-order valence-electron chi connectivity index (χ4n) is 4.31. The maximum absolute atomic E-state index is 13.5. The molecule has 5 nitrogen and oxygen atoms in total. The summed E-state index contributed by atoms with van der Waals surface area (Å²) in [5, 5.41) is 3.45. The largest absolute Gasteiger partial charge is 0.356 e. The number of hydrogen-bond donors (Lipinski definition) is 2. The molecule has 142 valence electrons. The molecule has 1 aromatic heterocycles. The number of halogens is 1. The fraction of sp³-hybridized carbons (Fsp3) is 0.429. The van der Waals surface area contributed by atoms with Crippen LogP contribution < -0.4 is 5.32 Å². The minimum absolute atomic E-state index is 0.0491. The molecule has 1 aliphatic carbocycles. The molecule has 1 aliphatic heterocycles. The molecule has 2 heterocycles. The van der Waals surface area contributed by atoms with E-state index in [1.54, 1.807) is 12.3 Å². The molecule has 27 heavy (non-hydrogen) atoms. The van der Waals surface area contributed by atoms with E-state index in [1.807, 2.05) is 23.1 Å². The van der Waals surface area contributed by atoms with Gasteiger partial charge in [0.15, 0.2) is 0 Å². The first-order valence-electron chi connectivity index (χ1n) is 9.59. The van der Waals surface area contributed by atoms with E-state index >= 15 is 0 Å². The van der Waals surface area contributed by atoms with E-state index < -0.39 is 0 Å². The zero-order valence-electron chi connectivity index (χ0n) is 15.2. The second kappa shape index (κ2) is 7.39. The number of H-pyrrole nitrogens is 1. The number of amides is 2. The number of likely N-dealkylation sites (tertiary alicyclic amines) is 1. The molecular formula is C21H24ClN3O2. The second-order valence-electron chi connectivity index (χ2n) is 7.54. The highest BCUT2D eigenvalue weighted by atomic mass is 35.5. The Morgan fingerprint density at radius 3 is 2.63 bits per heavy atom. The van der Waals surface area contributed by atoms with Crippen molar-refractivity contribution in [3.63, 3.8) is 0 Å². The molecule has 1 saturated carbocycles. The quantitative estimate of drug-likeness (QED) is 0.827. The minimum Gasteiger partial charge on any atom is -0.356 e. The fourth-order valence-corrected chi connectivity index (χ4v) is 4.47. The van der Waals surface area contributed by atoms with Gasteiger partial charge in [0.25, 0.3) is 5.91 Å². The summed E-state index contributed by atoms with van der Waals surface area (Å²) in [5.41, 5.74) is 1.19. The molecule has 0 spiro atoms.